The lowest BCUT2D eigenvalue weighted by molar-refractivity contribution is -0.149. The summed E-state index contributed by atoms with van der Waals surface area (Å²) >= 11 is 0. The molecule has 6 heteroatoms. The Bertz CT molecular complexity index is 772. The van der Waals surface area contributed by atoms with Crippen LogP contribution in [0.4, 0.5) is 10.1 Å². The standard InChI is InChI=1S/C21H23FN2O3/c1-15(25)27-19-11-13-24(14-12-19)20(16-5-3-2-4-6-16)21(26)23-18-9-7-17(22)8-10-18/h2-10,19-20H,11-14H2,1H3,(H,23,26)/t20-/m1/s1. The van der Waals surface area contributed by atoms with Crippen molar-refractivity contribution in [1.29, 1.82) is 0 Å². The molecule has 0 unspecified atom stereocenters. The van der Waals surface area contributed by atoms with Gasteiger partial charge in [-0.1, -0.05) is 30.3 Å². The molecule has 1 heterocycles. The molecule has 0 radical (unpaired) electrons. The van der Waals surface area contributed by atoms with E-state index >= 15 is 0 Å². The average Bonchev–Trinajstić information content (AvgIpc) is 2.66. The van der Waals surface area contributed by atoms with Crippen LogP contribution in [0.25, 0.3) is 0 Å². The summed E-state index contributed by atoms with van der Waals surface area (Å²) in [5.74, 6) is -0.791. The van der Waals surface area contributed by atoms with E-state index in [1.165, 1.54) is 19.1 Å². The van der Waals surface area contributed by atoms with Gasteiger partial charge >= 0.3 is 5.97 Å². The zero-order chi connectivity index (χ0) is 19.2. The SMILES string of the molecule is CC(=O)OC1CCN([C@@H](C(=O)Nc2ccc(F)cc2)c2ccccc2)CC1. The molecular formula is C21H23FN2O3. The van der Waals surface area contributed by atoms with Gasteiger partial charge in [-0.25, -0.2) is 4.39 Å². The second-order valence-corrected chi connectivity index (χ2v) is 6.65. The van der Waals surface area contributed by atoms with Gasteiger partial charge in [-0.15, -0.1) is 0 Å². The number of likely N-dealkylation sites (tertiary alicyclic amines) is 1. The van der Waals surface area contributed by atoms with Crippen molar-refractivity contribution in [3.63, 3.8) is 0 Å². The van der Waals surface area contributed by atoms with Crippen LogP contribution >= 0.6 is 0 Å². The van der Waals surface area contributed by atoms with Gasteiger partial charge in [0.05, 0.1) is 0 Å². The van der Waals surface area contributed by atoms with Crippen LogP contribution in [-0.4, -0.2) is 36.0 Å². The number of nitrogens with one attached hydrogen (secondary N) is 1. The number of hydrogen-bond acceptors (Lipinski definition) is 4. The summed E-state index contributed by atoms with van der Waals surface area (Å²) in [7, 11) is 0. The number of ether oxygens (including phenoxy) is 1. The lowest BCUT2D eigenvalue weighted by atomic mass is 9.99. The molecule has 1 fully saturated rings. The zero-order valence-corrected chi connectivity index (χ0v) is 15.2. The fourth-order valence-electron chi connectivity index (χ4n) is 3.39. The number of nitrogens with zero attached hydrogens (tertiary/aromatic N) is 1. The molecule has 2 aromatic rings. The normalized spacial score (nSPS) is 16.5. The van der Waals surface area contributed by atoms with E-state index in [1.54, 1.807) is 12.1 Å². The van der Waals surface area contributed by atoms with Gasteiger partial charge in [0.25, 0.3) is 0 Å². The number of rotatable bonds is 5. The lowest BCUT2D eigenvalue weighted by Gasteiger charge is -2.36. The largest absolute Gasteiger partial charge is 0.462 e. The Morgan fingerprint density at radius 2 is 1.70 bits per heavy atom. The second kappa shape index (κ2) is 8.77. The maximum atomic E-state index is 13.1. The number of esters is 1. The summed E-state index contributed by atoms with van der Waals surface area (Å²) in [4.78, 5) is 26.3. The number of anilines is 1. The zero-order valence-electron chi connectivity index (χ0n) is 15.2. The minimum absolute atomic E-state index is 0.102. The Morgan fingerprint density at radius 3 is 2.30 bits per heavy atom. The molecular weight excluding hydrogens is 347 g/mol. The molecule has 142 valence electrons. The van der Waals surface area contributed by atoms with Crippen molar-refractivity contribution in [2.45, 2.75) is 31.9 Å². The molecule has 0 bridgehead atoms. The van der Waals surface area contributed by atoms with Crippen LogP contribution in [-0.2, 0) is 14.3 Å². The summed E-state index contributed by atoms with van der Waals surface area (Å²) in [6, 6.07) is 14.8. The van der Waals surface area contributed by atoms with Gasteiger partial charge < -0.3 is 10.1 Å². The van der Waals surface area contributed by atoms with E-state index in [9.17, 15) is 14.0 Å². The Hall–Kier alpha value is -2.73. The first-order valence-electron chi connectivity index (χ1n) is 9.05. The molecule has 2 aromatic carbocycles. The second-order valence-electron chi connectivity index (χ2n) is 6.65. The van der Waals surface area contributed by atoms with Gasteiger partial charge in [0.2, 0.25) is 5.91 Å². The van der Waals surface area contributed by atoms with Crippen LogP contribution in [0.15, 0.2) is 54.6 Å². The molecule has 1 N–H and O–H groups in total. The first-order chi connectivity index (χ1) is 13.0. The molecule has 1 aliphatic heterocycles. The van der Waals surface area contributed by atoms with Crippen LogP contribution in [0.2, 0.25) is 0 Å². The predicted octanol–water partition coefficient (Wildman–Crippen LogP) is 3.53. The Labute approximate surface area is 158 Å². The highest BCUT2D eigenvalue weighted by molar-refractivity contribution is 5.95. The monoisotopic (exact) mass is 370 g/mol. The quantitative estimate of drug-likeness (QED) is 0.818. The number of carbonyl (C=O) groups excluding carboxylic acids is 2. The summed E-state index contributed by atoms with van der Waals surface area (Å²) in [6.07, 6.45) is 1.27. The van der Waals surface area contributed by atoms with Gasteiger partial charge in [-0.2, -0.15) is 0 Å². The molecule has 0 aromatic heterocycles. The average molecular weight is 370 g/mol. The highest BCUT2D eigenvalue weighted by Crippen LogP contribution is 2.27. The van der Waals surface area contributed by atoms with Crippen molar-refractivity contribution in [2.75, 3.05) is 18.4 Å². The molecule has 1 saturated heterocycles. The van der Waals surface area contributed by atoms with E-state index in [0.717, 1.165) is 5.56 Å². The van der Waals surface area contributed by atoms with Crippen molar-refractivity contribution in [2.24, 2.45) is 0 Å². The van der Waals surface area contributed by atoms with E-state index < -0.39 is 6.04 Å². The first kappa shape index (κ1) is 19.0. The third kappa shape index (κ3) is 5.14. The fourth-order valence-corrected chi connectivity index (χ4v) is 3.39. The Balaban J connectivity index is 1.75. The highest BCUT2D eigenvalue weighted by atomic mass is 19.1. The molecule has 3 rings (SSSR count). The van der Waals surface area contributed by atoms with Crippen LogP contribution in [0.1, 0.15) is 31.4 Å². The Morgan fingerprint density at radius 1 is 1.07 bits per heavy atom. The van der Waals surface area contributed by atoms with Crippen molar-refractivity contribution in [3.8, 4) is 0 Å². The van der Waals surface area contributed by atoms with Crippen LogP contribution in [0.5, 0.6) is 0 Å². The molecule has 5 nitrogen and oxygen atoms in total. The predicted molar refractivity (Wildman–Crippen MR) is 101 cm³/mol. The maximum absolute atomic E-state index is 13.1. The van der Waals surface area contributed by atoms with Crippen molar-refractivity contribution < 1.29 is 18.7 Å². The van der Waals surface area contributed by atoms with Crippen LogP contribution in [0, 0.1) is 5.82 Å². The third-order valence-electron chi connectivity index (χ3n) is 4.65. The van der Waals surface area contributed by atoms with E-state index in [-0.39, 0.29) is 23.8 Å². The minimum atomic E-state index is -0.463. The third-order valence-corrected chi connectivity index (χ3v) is 4.65. The number of amides is 1. The molecule has 1 amide bonds. The van der Waals surface area contributed by atoms with Gasteiger partial charge in [0, 0.05) is 25.7 Å². The molecule has 0 spiro atoms. The van der Waals surface area contributed by atoms with E-state index in [4.69, 9.17) is 4.74 Å². The molecule has 1 aliphatic rings. The van der Waals surface area contributed by atoms with Gasteiger partial charge in [0.1, 0.15) is 18.0 Å². The molecule has 0 saturated carbocycles. The summed E-state index contributed by atoms with van der Waals surface area (Å²) in [6.45, 7) is 2.71. The van der Waals surface area contributed by atoms with Crippen LogP contribution < -0.4 is 5.32 Å². The van der Waals surface area contributed by atoms with Crippen LogP contribution in [0.3, 0.4) is 0 Å². The van der Waals surface area contributed by atoms with E-state index in [0.29, 0.717) is 31.6 Å². The number of benzene rings is 2. The fraction of sp³-hybridized carbons (Fsp3) is 0.333. The Kier molecular flexibility index (Phi) is 6.19. The molecule has 1 atom stereocenters. The van der Waals surface area contributed by atoms with E-state index in [2.05, 4.69) is 10.2 Å². The molecule has 27 heavy (non-hydrogen) atoms. The first-order valence-corrected chi connectivity index (χ1v) is 9.05. The molecule has 0 aliphatic carbocycles. The highest BCUT2D eigenvalue weighted by Gasteiger charge is 2.32. The minimum Gasteiger partial charge on any atom is -0.462 e. The maximum Gasteiger partial charge on any atom is 0.302 e. The van der Waals surface area contributed by atoms with Crippen molar-refractivity contribution in [3.05, 3.63) is 66.0 Å². The van der Waals surface area contributed by atoms with Gasteiger partial charge in [0.15, 0.2) is 0 Å². The van der Waals surface area contributed by atoms with Crippen molar-refractivity contribution in [1.82, 2.24) is 4.90 Å². The van der Waals surface area contributed by atoms with Crippen molar-refractivity contribution >= 4 is 17.6 Å². The summed E-state index contributed by atoms with van der Waals surface area (Å²) in [5.41, 5.74) is 1.44. The van der Waals surface area contributed by atoms with Gasteiger partial charge in [-0.05, 0) is 42.7 Å². The smallest absolute Gasteiger partial charge is 0.302 e. The van der Waals surface area contributed by atoms with Gasteiger partial charge in [-0.3, -0.25) is 14.5 Å². The number of carbonyl (C=O) groups is 2. The number of piperidine rings is 1. The number of hydrogen-bond donors (Lipinski definition) is 1. The van der Waals surface area contributed by atoms with E-state index in [1.807, 2.05) is 30.3 Å². The topological polar surface area (TPSA) is 58.6 Å². The number of halogens is 1. The summed E-state index contributed by atoms with van der Waals surface area (Å²) in [5, 5.41) is 2.88. The lowest BCUT2D eigenvalue weighted by Crippen LogP contribution is -2.44. The summed E-state index contributed by atoms with van der Waals surface area (Å²) < 4.78 is 18.4.